The van der Waals surface area contributed by atoms with Crippen LogP contribution in [0.25, 0.3) is 0 Å². The smallest absolute Gasteiger partial charge is 0.267 e. The predicted molar refractivity (Wildman–Crippen MR) is 61.5 cm³/mol. The number of rotatable bonds is 4. The maximum absolute atomic E-state index is 10.8. The van der Waals surface area contributed by atoms with Gasteiger partial charge in [-0.1, -0.05) is 19.1 Å². The van der Waals surface area contributed by atoms with E-state index in [1.807, 2.05) is 19.1 Å². The highest BCUT2D eigenvalue weighted by Crippen LogP contribution is 2.34. The molecule has 5 nitrogen and oxygen atoms in total. The lowest BCUT2D eigenvalue weighted by Crippen LogP contribution is -2.17. The Morgan fingerprint density at radius 2 is 2.00 bits per heavy atom. The topological polar surface area (TPSA) is 61.6 Å². The lowest BCUT2D eigenvalue weighted by atomic mass is 10.2. The first kappa shape index (κ1) is 11.4. The van der Waals surface area contributed by atoms with Crippen LogP contribution in [0.4, 0.5) is 0 Å². The van der Waals surface area contributed by atoms with Gasteiger partial charge in [-0.05, 0) is 18.6 Å². The van der Waals surface area contributed by atoms with Gasteiger partial charge in [0, 0.05) is 6.42 Å². The SMILES string of the molecule is CCCC(=CC1Oc2ccccc2O1)[N+](=O)[O-]. The molecule has 0 fully saturated rings. The lowest BCUT2D eigenvalue weighted by Gasteiger charge is -2.04. The van der Waals surface area contributed by atoms with Crippen molar-refractivity contribution in [3.05, 3.63) is 46.2 Å². The summed E-state index contributed by atoms with van der Waals surface area (Å²) in [6.45, 7) is 1.89. The van der Waals surface area contributed by atoms with Crippen molar-refractivity contribution in [2.45, 2.75) is 26.1 Å². The van der Waals surface area contributed by atoms with E-state index in [1.165, 1.54) is 6.08 Å². The second-order valence-corrected chi connectivity index (χ2v) is 3.72. The number of benzene rings is 1. The summed E-state index contributed by atoms with van der Waals surface area (Å²) < 4.78 is 10.9. The summed E-state index contributed by atoms with van der Waals surface area (Å²) in [5, 5.41) is 10.8. The first-order chi connectivity index (χ1) is 8.20. The number of nitrogens with zero attached hydrogens (tertiary/aromatic N) is 1. The maximum atomic E-state index is 10.8. The van der Waals surface area contributed by atoms with Crippen LogP contribution in [0.1, 0.15) is 19.8 Å². The quantitative estimate of drug-likeness (QED) is 0.594. The Kier molecular flexibility index (Phi) is 3.27. The van der Waals surface area contributed by atoms with Gasteiger partial charge in [-0.2, -0.15) is 0 Å². The van der Waals surface area contributed by atoms with Crippen molar-refractivity contribution in [3.63, 3.8) is 0 Å². The molecule has 17 heavy (non-hydrogen) atoms. The van der Waals surface area contributed by atoms with E-state index in [9.17, 15) is 10.1 Å². The van der Waals surface area contributed by atoms with Crippen LogP contribution in [-0.4, -0.2) is 11.2 Å². The fourth-order valence-corrected chi connectivity index (χ4v) is 1.64. The minimum absolute atomic E-state index is 0.130. The molecule has 0 N–H and O–H groups in total. The molecule has 5 heteroatoms. The summed E-state index contributed by atoms with van der Waals surface area (Å²) in [6, 6.07) is 7.20. The zero-order chi connectivity index (χ0) is 12.3. The molecule has 0 saturated carbocycles. The average molecular weight is 235 g/mol. The second-order valence-electron chi connectivity index (χ2n) is 3.72. The van der Waals surface area contributed by atoms with Crippen molar-refractivity contribution >= 4 is 0 Å². The van der Waals surface area contributed by atoms with Gasteiger partial charge in [0.1, 0.15) is 0 Å². The van der Waals surface area contributed by atoms with Crippen LogP contribution in [0.15, 0.2) is 36.0 Å². The van der Waals surface area contributed by atoms with E-state index < -0.39 is 6.29 Å². The van der Waals surface area contributed by atoms with Crippen molar-refractivity contribution in [2.75, 3.05) is 0 Å². The van der Waals surface area contributed by atoms with Crippen molar-refractivity contribution < 1.29 is 14.4 Å². The van der Waals surface area contributed by atoms with Gasteiger partial charge < -0.3 is 9.47 Å². The van der Waals surface area contributed by atoms with E-state index in [2.05, 4.69) is 0 Å². The minimum Gasteiger partial charge on any atom is -0.447 e. The third kappa shape index (κ3) is 2.55. The minimum atomic E-state index is -0.695. The third-order valence-electron chi connectivity index (χ3n) is 2.40. The molecule has 0 bridgehead atoms. The number of fused-ring (bicyclic) bond motifs is 1. The molecule has 0 unspecified atom stereocenters. The number of hydrogen-bond donors (Lipinski definition) is 0. The van der Waals surface area contributed by atoms with E-state index in [0.29, 0.717) is 24.3 Å². The molecule has 1 heterocycles. The van der Waals surface area contributed by atoms with Gasteiger partial charge in [-0.15, -0.1) is 0 Å². The fourth-order valence-electron chi connectivity index (χ4n) is 1.64. The number of ether oxygens (including phenoxy) is 2. The Morgan fingerprint density at radius 1 is 1.41 bits per heavy atom. The molecule has 0 spiro atoms. The van der Waals surface area contributed by atoms with Crippen LogP contribution in [0.5, 0.6) is 11.5 Å². The van der Waals surface area contributed by atoms with Crippen molar-refractivity contribution in [2.24, 2.45) is 0 Å². The molecule has 1 aliphatic heterocycles. The standard InChI is InChI=1S/C12H13NO4/c1-2-5-9(13(14)15)8-12-16-10-6-3-4-7-11(10)17-12/h3-4,6-8,12H,2,5H2,1H3. The summed E-state index contributed by atoms with van der Waals surface area (Å²) in [7, 11) is 0. The highest BCUT2D eigenvalue weighted by Gasteiger charge is 2.24. The van der Waals surface area contributed by atoms with Crippen LogP contribution < -0.4 is 9.47 Å². The summed E-state index contributed by atoms with van der Waals surface area (Å²) in [4.78, 5) is 10.4. The van der Waals surface area contributed by atoms with Crippen LogP contribution >= 0.6 is 0 Å². The maximum Gasteiger partial charge on any atom is 0.267 e. The summed E-state index contributed by atoms with van der Waals surface area (Å²) in [5.74, 6) is 1.24. The molecular formula is C12H13NO4. The molecule has 0 atom stereocenters. The van der Waals surface area contributed by atoms with E-state index in [0.717, 1.165) is 0 Å². The Balaban J connectivity index is 2.12. The number of allylic oxidation sites excluding steroid dienone is 1. The van der Waals surface area contributed by atoms with Gasteiger partial charge in [0.2, 0.25) is 5.70 Å². The first-order valence-corrected chi connectivity index (χ1v) is 5.48. The molecule has 0 aromatic heterocycles. The second kappa shape index (κ2) is 4.86. The first-order valence-electron chi connectivity index (χ1n) is 5.48. The molecule has 0 amide bonds. The van der Waals surface area contributed by atoms with Gasteiger partial charge >= 0.3 is 0 Å². The van der Waals surface area contributed by atoms with Crippen LogP contribution in [-0.2, 0) is 0 Å². The fraction of sp³-hybridized carbons (Fsp3) is 0.333. The molecule has 0 aliphatic carbocycles. The van der Waals surface area contributed by atoms with Gasteiger partial charge in [0.25, 0.3) is 6.29 Å². The highest BCUT2D eigenvalue weighted by atomic mass is 16.7. The van der Waals surface area contributed by atoms with Crippen LogP contribution in [0.2, 0.25) is 0 Å². The Labute approximate surface area is 98.8 Å². The largest absolute Gasteiger partial charge is 0.447 e. The zero-order valence-electron chi connectivity index (χ0n) is 9.46. The summed E-state index contributed by atoms with van der Waals surface area (Å²) >= 11 is 0. The summed E-state index contributed by atoms with van der Waals surface area (Å²) in [5.41, 5.74) is 0.130. The molecule has 0 radical (unpaired) electrons. The summed E-state index contributed by atoms with van der Waals surface area (Å²) in [6.07, 6.45) is 1.85. The molecule has 1 aromatic rings. The lowest BCUT2D eigenvalue weighted by molar-refractivity contribution is -0.428. The van der Waals surface area contributed by atoms with Gasteiger partial charge in [0.05, 0.1) is 11.0 Å². The predicted octanol–water partition coefficient (Wildman–Crippen LogP) is 2.74. The van der Waals surface area contributed by atoms with Gasteiger partial charge in [0.15, 0.2) is 11.5 Å². The number of nitro groups is 1. The number of hydrogen-bond acceptors (Lipinski definition) is 4. The van der Waals surface area contributed by atoms with Crippen LogP contribution in [0, 0.1) is 10.1 Å². The average Bonchev–Trinajstić information content (AvgIpc) is 2.70. The van der Waals surface area contributed by atoms with Crippen molar-refractivity contribution in [1.29, 1.82) is 0 Å². The van der Waals surface area contributed by atoms with Crippen molar-refractivity contribution in [1.82, 2.24) is 0 Å². The molecule has 90 valence electrons. The van der Waals surface area contributed by atoms with Gasteiger partial charge in [-0.25, -0.2) is 0 Å². The van der Waals surface area contributed by atoms with Gasteiger partial charge in [-0.3, -0.25) is 10.1 Å². The monoisotopic (exact) mass is 235 g/mol. The Bertz CT molecular complexity index is 431. The molecule has 2 rings (SSSR count). The Hall–Kier alpha value is -2.04. The third-order valence-corrected chi connectivity index (χ3v) is 2.40. The van der Waals surface area contributed by atoms with Crippen molar-refractivity contribution in [3.8, 4) is 11.5 Å². The highest BCUT2D eigenvalue weighted by molar-refractivity contribution is 5.42. The van der Waals surface area contributed by atoms with Crippen LogP contribution in [0.3, 0.4) is 0 Å². The van der Waals surface area contributed by atoms with E-state index in [1.54, 1.807) is 12.1 Å². The molecule has 1 aromatic carbocycles. The van der Waals surface area contributed by atoms with E-state index >= 15 is 0 Å². The molecule has 0 saturated heterocycles. The van der Waals surface area contributed by atoms with E-state index in [4.69, 9.17) is 9.47 Å². The zero-order valence-corrected chi connectivity index (χ0v) is 9.46. The molecule has 1 aliphatic rings. The normalized spacial score (nSPS) is 15.0. The number of para-hydroxylation sites is 2. The molecular weight excluding hydrogens is 222 g/mol. The Morgan fingerprint density at radius 3 is 2.47 bits per heavy atom. The van der Waals surface area contributed by atoms with E-state index in [-0.39, 0.29) is 10.6 Å².